The lowest BCUT2D eigenvalue weighted by atomic mass is 9.78. The van der Waals surface area contributed by atoms with Crippen LogP contribution < -0.4 is 11.2 Å². The van der Waals surface area contributed by atoms with Gasteiger partial charge in [0, 0.05) is 12.6 Å². The lowest BCUT2D eigenvalue weighted by Crippen LogP contribution is -2.28. The number of aliphatic carboxylic acids is 1. The molecule has 0 radical (unpaired) electrons. The Kier molecular flexibility index (Phi) is 4.67. The van der Waals surface area contributed by atoms with E-state index in [1.54, 1.807) is 0 Å². The zero-order chi connectivity index (χ0) is 14.7. The number of hydrogen-bond acceptors (Lipinski definition) is 4. The number of anilines is 1. The summed E-state index contributed by atoms with van der Waals surface area (Å²) in [6.45, 7) is 1.08. The molecule has 0 spiro atoms. The Bertz CT molecular complexity index is 484. The molecule has 5 nitrogen and oxygen atoms in total. The Balaban J connectivity index is 0.000000328. The number of carboxylic acid groups (broad SMARTS) is 1. The standard InChI is InChI=1S/C12H16BNO2.C2H4O2/c14-9-5-6-10-11(7-9)13(15)16-12(10)8-3-1-2-4-8;1-2(3)4/h5-8,12,15H,1-4,14H2;1H3,(H,3,4). The van der Waals surface area contributed by atoms with E-state index in [2.05, 4.69) is 0 Å². The topological polar surface area (TPSA) is 92.8 Å². The Morgan fingerprint density at radius 2 is 2.00 bits per heavy atom. The fraction of sp³-hybridized carbons (Fsp3) is 0.500. The van der Waals surface area contributed by atoms with Crippen LogP contribution >= 0.6 is 0 Å². The van der Waals surface area contributed by atoms with Gasteiger partial charge in [-0.25, -0.2) is 0 Å². The number of carbonyl (C=O) groups is 1. The second-order valence-corrected chi connectivity index (χ2v) is 5.36. The molecule has 4 N–H and O–H groups in total. The van der Waals surface area contributed by atoms with Gasteiger partial charge in [0.15, 0.2) is 0 Å². The summed E-state index contributed by atoms with van der Waals surface area (Å²) in [6.07, 6.45) is 5.06. The second kappa shape index (κ2) is 6.28. The molecule has 1 aliphatic carbocycles. The largest absolute Gasteiger partial charge is 0.492 e. The molecule has 1 heterocycles. The monoisotopic (exact) mass is 277 g/mol. The maximum Gasteiger partial charge on any atom is 0.492 e. The van der Waals surface area contributed by atoms with Crippen LogP contribution in [0.1, 0.15) is 44.3 Å². The van der Waals surface area contributed by atoms with Gasteiger partial charge in [-0.15, -0.1) is 0 Å². The lowest BCUT2D eigenvalue weighted by Gasteiger charge is -2.19. The maximum atomic E-state index is 9.86. The van der Waals surface area contributed by atoms with E-state index in [1.807, 2.05) is 18.2 Å². The first-order valence-electron chi connectivity index (χ1n) is 6.91. The quantitative estimate of drug-likeness (QED) is 0.531. The fourth-order valence-electron chi connectivity index (χ4n) is 2.98. The van der Waals surface area contributed by atoms with Gasteiger partial charge in [0.05, 0.1) is 6.10 Å². The van der Waals surface area contributed by atoms with E-state index in [-0.39, 0.29) is 6.10 Å². The molecule has 108 valence electrons. The fourth-order valence-corrected chi connectivity index (χ4v) is 2.98. The van der Waals surface area contributed by atoms with Crippen molar-refractivity contribution in [2.75, 3.05) is 5.73 Å². The Morgan fingerprint density at radius 3 is 2.60 bits per heavy atom. The van der Waals surface area contributed by atoms with E-state index in [0.717, 1.165) is 17.9 Å². The van der Waals surface area contributed by atoms with Gasteiger partial charge in [-0.2, -0.15) is 0 Å². The van der Waals surface area contributed by atoms with Crippen molar-refractivity contribution >= 4 is 24.2 Å². The lowest BCUT2D eigenvalue weighted by molar-refractivity contribution is -0.134. The smallest absolute Gasteiger partial charge is 0.481 e. The average Bonchev–Trinajstić information content (AvgIpc) is 2.97. The van der Waals surface area contributed by atoms with Gasteiger partial charge in [-0.1, -0.05) is 18.9 Å². The Morgan fingerprint density at radius 1 is 1.40 bits per heavy atom. The molecule has 6 heteroatoms. The number of hydrogen-bond donors (Lipinski definition) is 3. The first-order chi connectivity index (χ1) is 9.49. The van der Waals surface area contributed by atoms with Gasteiger partial charge in [0.1, 0.15) is 0 Å². The van der Waals surface area contributed by atoms with Crippen molar-refractivity contribution in [2.24, 2.45) is 5.92 Å². The first-order valence-corrected chi connectivity index (χ1v) is 6.91. The van der Waals surface area contributed by atoms with E-state index in [1.165, 1.54) is 25.7 Å². The minimum atomic E-state index is -0.833. The van der Waals surface area contributed by atoms with E-state index < -0.39 is 13.1 Å². The molecule has 0 saturated heterocycles. The van der Waals surface area contributed by atoms with Crippen molar-refractivity contribution in [2.45, 2.75) is 38.7 Å². The van der Waals surface area contributed by atoms with Crippen LogP contribution in [0.25, 0.3) is 0 Å². The van der Waals surface area contributed by atoms with Crippen LogP contribution in [0, 0.1) is 5.92 Å². The summed E-state index contributed by atoms with van der Waals surface area (Å²) in [5.41, 5.74) is 8.40. The highest BCUT2D eigenvalue weighted by atomic mass is 16.5. The van der Waals surface area contributed by atoms with Crippen molar-refractivity contribution in [3.05, 3.63) is 23.8 Å². The highest BCUT2D eigenvalue weighted by molar-refractivity contribution is 6.61. The van der Waals surface area contributed by atoms with Crippen LogP contribution in [0.3, 0.4) is 0 Å². The number of fused-ring (bicyclic) bond motifs is 1. The van der Waals surface area contributed by atoms with Crippen LogP contribution in [0.4, 0.5) is 5.69 Å². The summed E-state index contributed by atoms with van der Waals surface area (Å²) in [5.74, 6) is -0.264. The van der Waals surface area contributed by atoms with Crippen molar-refractivity contribution in [3.8, 4) is 0 Å². The third-order valence-corrected chi connectivity index (χ3v) is 3.79. The van der Waals surface area contributed by atoms with Crippen LogP contribution in [0.2, 0.25) is 0 Å². The van der Waals surface area contributed by atoms with Crippen LogP contribution in [-0.2, 0) is 9.45 Å². The predicted octanol–water partition coefficient (Wildman–Crippen LogP) is 1.31. The zero-order valence-electron chi connectivity index (χ0n) is 11.6. The molecular formula is C14H20BNO4. The molecule has 1 aromatic carbocycles. The molecule has 20 heavy (non-hydrogen) atoms. The molecule has 0 bridgehead atoms. The van der Waals surface area contributed by atoms with Crippen molar-refractivity contribution < 1.29 is 19.6 Å². The van der Waals surface area contributed by atoms with Gasteiger partial charge in [0.2, 0.25) is 0 Å². The second-order valence-electron chi connectivity index (χ2n) is 5.36. The Hall–Kier alpha value is -1.53. The number of nitrogens with two attached hydrogens (primary N) is 1. The molecule has 2 aliphatic rings. The molecule has 1 aliphatic heterocycles. The summed E-state index contributed by atoms with van der Waals surface area (Å²) in [5, 5.41) is 17.3. The molecule has 3 rings (SSSR count). The minimum Gasteiger partial charge on any atom is -0.481 e. The summed E-state index contributed by atoms with van der Waals surface area (Å²) in [6, 6.07) is 5.72. The molecule has 1 atom stereocenters. The molecule has 1 saturated carbocycles. The number of benzene rings is 1. The van der Waals surface area contributed by atoms with Crippen molar-refractivity contribution in [1.29, 1.82) is 0 Å². The third-order valence-electron chi connectivity index (χ3n) is 3.79. The molecule has 1 aromatic rings. The summed E-state index contributed by atoms with van der Waals surface area (Å²) in [7, 11) is -0.788. The molecular weight excluding hydrogens is 257 g/mol. The normalized spacial score (nSPS) is 21.3. The van der Waals surface area contributed by atoms with Crippen LogP contribution in [0.15, 0.2) is 18.2 Å². The van der Waals surface area contributed by atoms with E-state index in [0.29, 0.717) is 11.6 Å². The molecule has 0 amide bonds. The van der Waals surface area contributed by atoms with Crippen LogP contribution in [-0.4, -0.2) is 23.2 Å². The summed E-state index contributed by atoms with van der Waals surface area (Å²) < 4.78 is 5.67. The summed E-state index contributed by atoms with van der Waals surface area (Å²) >= 11 is 0. The Labute approximate surface area is 118 Å². The third kappa shape index (κ3) is 3.32. The molecule has 1 fully saturated rings. The van der Waals surface area contributed by atoms with E-state index >= 15 is 0 Å². The number of carboxylic acids is 1. The minimum absolute atomic E-state index is 0.0769. The van der Waals surface area contributed by atoms with Gasteiger partial charge in [-0.05, 0) is 41.9 Å². The highest BCUT2D eigenvalue weighted by Gasteiger charge is 2.39. The molecule has 0 aromatic heterocycles. The predicted molar refractivity (Wildman–Crippen MR) is 77.6 cm³/mol. The average molecular weight is 277 g/mol. The maximum absolute atomic E-state index is 9.86. The van der Waals surface area contributed by atoms with Crippen LogP contribution in [0.5, 0.6) is 0 Å². The van der Waals surface area contributed by atoms with E-state index in [9.17, 15) is 5.02 Å². The molecule has 1 unspecified atom stereocenters. The van der Waals surface area contributed by atoms with Gasteiger partial charge in [-0.3, -0.25) is 4.79 Å². The number of rotatable bonds is 1. The van der Waals surface area contributed by atoms with Crippen molar-refractivity contribution in [1.82, 2.24) is 0 Å². The SMILES string of the molecule is CC(=O)O.Nc1ccc2c(c1)B(O)OC2C1CCCC1. The van der Waals surface area contributed by atoms with Gasteiger partial charge >= 0.3 is 7.12 Å². The van der Waals surface area contributed by atoms with Crippen molar-refractivity contribution in [3.63, 3.8) is 0 Å². The zero-order valence-corrected chi connectivity index (χ0v) is 11.6. The van der Waals surface area contributed by atoms with E-state index in [4.69, 9.17) is 20.3 Å². The summed E-state index contributed by atoms with van der Waals surface area (Å²) in [4.78, 5) is 9.00. The van der Waals surface area contributed by atoms with Gasteiger partial charge < -0.3 is 20.5 Å². The first kappa shape index (κ1) is 14.9. The highest BCUT2D eigenvalue weighted by Crippen LogP contribution is 2.40. The number of nitrogen functional groups attached to an aromatic ring is 1. The van der Waals surface area contributed by atoms with Gasteiger partial charge in [0.25, 0.3) is 5.97 Å².